The average molecular weight is 283 g/mol. The van der Waals surface area contributed by atoms with Crippen molar-refractivity contribution in [3.63, 3.8) is 0 Å². The molecule has 20 heavy (non-hydrogen) atoms. The molecule has 1 saturated heterocycles. The predicted octanol–water partition coefficient (Wildman–Crippen LogP) is 0.459. The third-order valence-electron chi connectivity index (χ3n) is 4.65. The normalized spacial score (nSPS) is 30.4. The molecule has 0 aromatic heterocycles. The largest absolute Gasteiger partial charge is 0.390 e. The Bertz CT molecular complexity index is 375. The number of carbonyl (C=O) groups is 2. The SMILES string of the molecule is CNC(=O)NC(=O)CCN1CCC2(O)CCCCC2C1. The molecule has 0 bridgehead atoms. The highest BCUT2D eigenvalue weighted by atomic mass is 16.3. The van der Waals surface area contributed by atoms with Gasteiger partial charge in [0.1, 0.15) is 0 Å². The molecule has 1 saturated carbocycles. The summed E-state index contributed by atoms with van der Waals surface area (Å²) < 4.78 is 0. The van der Waals surface area contributed by atoms with E-state index in [1.54, 1.807) is 0 Å². The first-order valence-corrected chi connectivity index (χ1v) is 7.50. The molecule has 3 amide bonds. The molecule has 2 fully saturated rings. The van der Waals surface area contributed by atoms with Crippen molar-refractivity contribution in [2.24, 2.45) is 5.92 Å². The van der Waals surface area contributed by atoms with Crippen LogP contribution >= 0.6 is 0 Å². The smallest absolute Gasteiger partial charge is 0.321 e. The van der Waals surface area contributed by atoms with Gasteiger partial charge in [-0.2, -0.15) is 0 Å². The van der Waals surface area contributed by atoms with Crippen LogP contribution in [0.3, 0.4) is 0 Å². The van der Waals surface area contributed by atoms with Gasteiger partial charge >= 0.3 is 6.03 Å². The molecular weight excluding hydrogens is 258 g/mol. The number of rotatable bonds is 3. The van der Waals surface area contributed by atoms with E-state index in [0.29, 0.717) is 18.9 Å². The lowest BCUT2D eigenvalue weighted by Gasteiger charge is -2.47. The van der Waals surface area contributed by atoms with Crippen molar-refractivity contribution in [1.82, 2.24) is 15.5 Å². The highest BCUT2D eigenvalue weighted by Crippen LogP contribution is 2.39. The van der Waals surface area contributed by atoms with Crippen LogP contribution < -0.4 is 10.6 Å². The summed E-state index contributed by atoms with van der Waals surface area (Å²) in [6.07, 6.45) is 5.44. The van der Waals surface area contributed by atoms with Crippen molar-refractivity contribution in [1.29, 1.82) is 0 Å². The number of piperidine rings is 1. The number of hydrogen-bond donors (Lipinski definition) is 3. The molecule has 0 aromatic rings. The first kappa shape index (κ1) is 15.3. The maximum Gasteiger partial charge on any atom is 0.321 e. The van der Waals surface area contributed by atoms with Crippen LogP contribution in [-0.2, 0) is 4.79 Å². The van der Waals surface area contributed by atoms with Crippen LogP contribution in [0.1, 0.15) is 38.5 Å². The van der Waals surface area contributed by atoms with E-state index >= 15 is 0 Å². The molecule has 0 radical (unpaired) electrons. The lowest BCUT2D eigenvalue weighted by molar-refractivity contribution is -0.121. The predicted molar refractivity (Wildman–Crippen MR) is 75.2 cm³/mol. The molecule has 114 valence electrons. The minimum Gasteiger partial charge on any atom is -0.390 e. The zero-order valence-corrected chi connectivity index (χ0v) is 12.2. The van der Waals surface area contributed by atoms with E-state index in [1.807, 2.05) is 0 Å². The number of nitrogens with zero attached hydrogens (tertiary/aromatic N) is 1. The summed E-state index contributed by atoms with van der Waals surface area (Å²) >= 11 is 0. The monoisotopic (exact) mass is 283 g/mol. The fourth-order valence-corrected chi connectivity index (χ4v) is 3.35. The molecule has 0 aromatic carbocycles. The van der Waals surface area contributed by atoms with Crippen molar-refractivity contribution in [2.75, 3.05) is 26.7 Å². The molecule has 2 unspecified atom stereocenters. The van der Waals surface area contributed by atoms with Gasteiger partial charge in [-0.05, 0) is 19.3 Å². The van der Waals surface area contributed by atoms with Gasteiger partial charge < -0.3 is 15.3 Å². The van der Waals surface area contributed by atoms with Gasteiger partial charge in [-0.15, -0.1) is 0 Å². The summed E-state index contributed by atoms with van der Waals surface area (Å²) in [4.78, 5) is 24.8. The molecule has 0 spiro atoms. The Hall–Kier alpha value is -1.14. The average Bonchev–Trinajstić information content (AvgIpc) is 2.44. The molecule has 6 heteroatoms. The number of hydrogen-bond acceptors (Lipinski definition) is 4. The highest BCUT2D eigenvalue weighted by Gasteiger charge is 2.42. The second kappa shape index (κ2) is 6.54. The number of aliphatic hydroxyl groups is 1. The summed E-state index contributed by atoms with van der Waals surface area (Å²) in [5, 5.41) is 15.2. The topological polar surface area (TPSA) is 81.7 Å². The molecule has 2 rings (SSSR count). The van der Waals surface area contributed by atoms with Crippen molar-refractivity contribution in [3.8, 4) is 0 Å². The number of urea groups is 1. The standard InChI is InChI=1S/C14H25N3O3/c1-15-13(19)16-12(18)5-8-17-9-7-14(20)6-3-2-4-11(14)10-17/h11,20H,2-10H2,1H3,(H2,15,16,18,19). The Kier molecular flexibility index (Phi) is 4.99. The highest BCUT2D eigenvalue weighted by molar-refractivity contribution is 5.94. The van der Waals surface area contributed by atoms with Gasteiger partial charge in [0, 0.05) is 39.0 Å². The third kappa shape index (κ3) is 3.70. The molecule has 6 nitrogen and oxygen atoms in total. The second-order valence-corrected chi connectivity index (χ2v) is 5.97. The van der Waals surface area contributed by atoms with Gasteiger partial charge in [-0.3, -0.25) is 10.1 Å². The Balaban J connectivity index is 1.75. The molecule has 1 heterocycles. The van der Waals surface area contributed by atoms with Crippen LogP contribution in [0.4, 0.5) is 4.79 Å². The van der Waals surface area contributed by atoms with Crippen molar-refractivity contribution < 1.29 is 14.7 Å². The Labute approximate surface area is 119 Å². The van der Waals surface area contributed by atoms with E-state index in [2.05, 4.69) is 15.5 Å². The maximum atomic E-state index is 11.6. The van der Waals surface area contributed by atoms with Crippen molar-refractivity contribution in [2.45, 2.75) is 44.1 Å². The number of fused-ring (bicyclic) bond motifs is 1. The first-order valence-electron chi connectivity index (χ1n) is 7.50. The fourth-order valence-electron chi connectivity index (χ4n) is 3.35. The zero-order chi connectivity index (χ0) is 14.6. The van der Waals surface area contributed by atoms with E-state index in [-0.39, 0.29) is 5.91 Å². The van der Waals surface area contributed by atoms with Crippen LogP contribution in [0.25, 0.3) is 0 Å². The van der Waals surface area contributed by atoms with Crippen LogP contribution in [0.15, 0.2) is 0 Å². The molecule has 2 aliphatic rings. The number of likely N-dealkylation sites (tertiary alicyclic amines) is 1. The summed E-state index contributed by atoms with van der Waals surface area (Å²) in [7, 11) is 1.48. The quantitative estimate of drug-likeness (QED) is 0.703. The van der Waals surface area contributed by atoms with Gasteiger partial charge in [0.05, 0.1) is 5.60 Å². The van der Waals surface area contributed by atoms with E-state index in [4.69, 9.17) is 0 Å². The summed E-state index contributed by atoms with van der Waals surface area (Å²) in [6, 6.07) is -0.463. The minimum absolute atomic E-state index is 0.256. The fraction of sp³-hybridized carbons (Fsp3) is 0.857. The number of nitrogens with one attached hydrogen (secondary N) is 2. The molecule has 3 N–H and O–H groups in total. The van der Waals surface area contributed by atoms with Crippen LogP contribution in [0.2, 0.25) is 0 Å². The van der Waals surface area contributed by atoms with Gasteiger partial charge in [-0.1, -0.05) is 12.8 Å². The van der Waals surface area contributed by atoms with Crippen LogP contribution in [0, 0.1) is 5.92 Å². The van der Waals surface area contributed by atoms with Gasteiger partial charge in [-0.25, -0.2) is 4.79 Å². The van der Waals surface area contributed by atoms with Gasteiger partial charge in [0.15, 0.2) is 0 Å². The lowest BCUT2D eigenvalue weighted by atomic mass is 9.71. The summed E-state index contributed by atoms with van der Waals surface area (Å²) in [6.45, 7) is 2.35. The summed E-state index contributed by atoms with van der Waals surface area (Å²) in [5.74, 6) is 0.0841. The first-order chi connectivity index (χ1) is 9.53. The third-order valence-corrected chi connectivity index (χ3v) is 4.65. The lowest BCUT2D eigenvalue weighted by Crippen LogP contribution is -2.53. The van der Waals surface area contributed by atoms with E-state index in [1.165, 1.54) is 13.5 Å². The summed E-state index contributed by atoms with van der Waals surface area (Å²) in [5.41, 5.74) is -0.473. The zero-order valence-electron chi connectivity index (χ0n) is 12.2. The van der Waals surface area contributed by atoms with Crippen LogP contribution in [0.5, 0.6) is 0 Å². The minimum atomic E-state index is -0.473. The Morgan fingerprint density at radius 3 is 2.90 bits per heavy atom. The molecule has 1 aliphatic heterocycles. The van der Waals surface area contributed by atoms with Gasteiger partial charge in [0.25, 0.3) is 0 Å². The number of carbonyl (C=O) groups excluding carboxylic acids is 2. The molecule has 1 aliphatic carbocycles. The van der Waals surface area contributed by atoms with Crippen LogP contribution in [-0.4, -0.2) is 54.2 Å². The molecular formula is C14H25N3O3. The van der Waals surface area contributed by atoms with E-state index in [0.717, 1.165) is 38.8 Å². The maximum absolute atomic E-state index is 11.6. The number of imide groups is 1. The van der Waals surface area contributed by atoms with Crippen molar-refractivity contribution >= 4 is 11.9 Å². The van der Waals surface area contributed by atoms with E-state index < -0.39 is 11.6 Å². The van der Waals surface area contributed by atoms with Crippen molar-refractivity contribution in [3.05, 3.63) is 0 Å². The Morgan fingerprint density at radius 1 is 1.35 bits per heavy atom. The number of amides is 3. The second-order valence-electron chi connectivity index (χ2n) is 5.97. The van der Waals surface area contributed by atoms with Gasteiger partial charge in [0.2, 0.25) is 5.91 Å². The Morgan fingerprint density at radius 2 is 2.15 bits per heavy atom. The molecule has 2 atom stereocenters. The van der Waals surface area contributed by atoms with E-state index in [9.17, 15) is 14.7 Å².